The molecule has 41 heavy (non-hydrogen) atoms. The Morgan fingerprint density at radius 1 is 1.10 bits per heavy atom. The van der Waals surface area contributed by atoms with E-state index in [0.717, 1.165) is 0 Å². The van der Waals surface area contributed by atoms with Crippen LogP contribution in [0, 0.1) is 11.8 Å². The number of carbonyl (C=O) groups is 3. The first-order chi connectivity index (χ1) is 19.7. The molecule has 3 fully saturated rings. The maximum Gasteiger partial charge on any atom is 0.253 e. The molecule has 10 heteroatoms. The van der Waals surface area contributed by atoms with Crippen molar-refractivity contribution in [2.24, 2.45) is 11.8 Å². The predicted octanol–water partition coefficient (Wildman–Crippen LogP) is 4.21. The van der Waals surface area contributed by atoms with E-state index in [1.54, 1.807) is 53.1 Å². The summed E-state index contributed by atoms with van der Waals surface area (Å²) in [7, 11) is 0. The molecule has 1 spiro atoms. The number of rotatable bonds is 10. The third kappa shape index (κ3) is 4.82. The van der Waals surface area contributed by atoms with Gasteiger partial charge in [0.25, 0.3) is 5.91 Å². The molecule has 8 nitrogen and oxygen atoms in total. The molecule has 0 aliphatic carbocycles. The van der Waals surface area contributed by atoms with Crippen molar-refractivity contribution >= 4 is 56.6 Å². The molecule has 3 heterocycles. The van der Waals surface area contributed by atoms with E-state index in [4.69, 9.17) is 16.3 Å². The Bertz CT molecular complexity index is 1340. The van der Waals surface area contributed by atoms with Crippen molar-refractivity contribution in [1.82, 2.24) is 4.90 Å². The van der Waals surface area contributed by atoms with Crippen molar-refractivity contribution in [2.75, 3.05) is 29.5 Å². The first-order valence-electron chi connectivity index (χ1n) is 13.6. The third-order valence-corrected chi connectivity index (χ3v) is 9.44. The number of aliphatic hydroxyl groups excluding tert-OH is 1. The van der Waals surface area contributed by atoms with Gasteiger partial charge in [-0.25, -0.2) is 0 Å². The van der Waals surface area contributed by atoms with E-state index in [0.29, 0.717) is 22.8 Å². The molecule has 2 aromatic carbocycles. The molecule has 3 unspecified atom stereocenters. The molecule has 3 aliphatic heterocycles. The molecule has 0 radical (unpaired) electrons. The summed E-state index contributed by atoms with van der Waals surface area (Å²) in [6.45, 7) is 9.42. The van der Waals surface area contributed by atoms with Crippen LogP contribution in [0.25, 0.3) is 0 Å². The first-order valence-corrected chi connectivity index (χ1v) is 14.9. The molecule has 5 rings (SSSR count). The fourth-order valence-electron chi connectivity index (χ4n) is 6.65. The normalized spacial score (nSPS) is 28.7. The summed E-state index contributed by atoms with van der Waals surface area (Å²) in [5.74, 6) is -2.75. The molecule has 3 saturated heterocycles. The summed E-state index contributed by atoms with van der Waals surface area (Å²) in [4.78, 5) is 47.5. The Kier molecular flexibility index (Phi) is 8.43. The molecule has 2 bridgehead atoms. The van der Waals surface area contributed by atoms with Crippen molar-refractivity contribution in [3.8, 4) is 0 Å². The van der Waals surface area contributed by atoms with E-state index in [-0.39, 0.29) is 42.2 Å². The van der Waals surface area contributed by atoms with Gasteiger partial charge in [0.05, 0.1) is 30.6 Å². The quantitative estimate of drug-likeness (QED) is 0.310. The number of amides is 3. The number of halogens is 2. The Balaban J connectivity index is 1.60. The number of para-hydroxylation sites is 1. The standard InChI is InChI=1S/C31H33BrClN3O5/c1-4-15-34(21-9-7-6-8-10-21)28(38)24-25-29(39)36(19(3)18-37)27(31(25)17-23(32)26(24)41-31)30(40)35(16-5-2)22-13-11-20(33)12-14-22/h4-14,19,23-27,37H,1-2,15-18H2,3H3/t19-,23?,24-,25+,26-,27?,31?/m1/s1. The van der Waals surface area contributed by atoms with Gasteiger partial charge in [-0.05, 0) is 49.7 Å². The number of anilines is 2. The van der Waals surface area contributed by atoms with Crippen molar-refractivity contribution in [3.05, 3.63) is 84.9 Å². The lowest BCUT2D eigenvalue weighted by Crippen LogP contribution is -2.59. The van der Waals surface area contributed by atoms with Crippen LogP contribution < -0.4 is 9.80 Å². The average Bonchev–Trinajstić information content (AvgIpc) is 3.57. The van der Waals surface area contributed by atoms with Crippen LogP contribution in [0.4, 0.5) is 11.4 Å². The number of alkyl halides is 1. The number of hydrogen-bond acceptors (Lipinski definition) is 5. The lowest BCUT2D eigenvalue weighted by atomic mass is 9.70. The van der Waals surface area contributed by atoms with Crippen LogP contribution in [0.5, 0.6) is 0 Å². The Morgan fingerprint density at radius 2 is 1.68 bits per heavy atom. The molecule has 3 aliphatic rings. The number of carbonyl (C=O) groups excluding carboxylic acids is 3. The first kappa shape index (κ1) is 29.5. The van der Waals surface area contributed by atoms with Crippen molar-refractivity contribution in [1.29, 1.82) is 0 Å². The van der Waals surface area contributed by atoms with Gasteiger partial charge >= 0.3 is 0 Å². The molecular formula is C31H33BrClN3O5. The second kappa shape index (κ2) is 11.7. The molecule has 1 N–H and O–H groups in total. The van der Waals surface area contributed by atoms with Crippen molar-refractivity contribution in [2.45, 2.75) is 42.0 Å². The highest BCUT2D eigenvalue weighted by atomic mass is 79.9. The number of benzene rings is 2. The van der Waals surface area contributed by atoms with Crippen LogP contribution >= 0.6 is 27.5 Å². The summed E-state index contributed by atoms with van der Waals surface area (Å²) in [6, 6.07) is 14.3. The summed E-state index contributed by atoms with van der Waals surface area (Å²) in [5.41, 5.74) is -0.00188. The van der Waals surface area contributed by atoms with E-state index in [2.05, 4.69) is 29.1 Å². The van der Waals surface area contributed by atoms with Crippen LogP contribution in [0.2, 0.25) is 5.02 Å². The van der Waals surface area contributed by atoms with Crippen LogP contribution in [-0.2, 0) is 19.1 Å². The number of ether oxygens (including phenoxy) is 1. The molecule has 3 amide bonds. The summed E-state index contributed by atoms with van der Waals surface area (Å²) >= 11 is 9.83. The van der Waals surface area contributed by atoms with E-state index < -0.39 is 35.6 Å². The minimum absolute atomic E-state index is 0.178. The van der Waals surface area contributed by atoms with E-state index >= 15 is 0 Å². The number of aliphatic hydroxyl groups is 1. The number of nitrogens with zero attached hydrogens (tertiary/aromatic N) is 3. The Morgan fingerprint density at radius 3 is 2.27 bits per heavy atom. The fraction of sp³-hybridized carbons (Fsp3) is 0.387. The molecule has 216 valence electrons. The SMILES string of the molecule is C=CCN(C(=O)C1N([C@H](C)CO)C(=O)[C@@H]2[C@@H](C(=O)N(CC=C)c3ccccc3)[C@@H]3OC12CC3Br)c1ccc(Cl)cc1. The monoisotopic (exact) mass is 641 g/mol. The lowest BCUT2D eigenvalue weighted by Gasteiger charge is -2.38. The van der Waals surface area contributed by atoms with Gasteiger partial charge in [0.2, 0.25) is 11.8 Å². The lowest BCUT2D eigenvalue weighted by molar-refractivity contribution is -0.143. The van der Waals surface area contributed by atoms with Gasteiger partial charge in [0.1, 0.15) is 11.6 Å². The summed E-state index contributed by atoms with van der Waals surface area (Å²) in [6.07, 6.45) is 3.00. The highest BCUT2D eigenvalue weighted by Gasteiger charge is 2.77. The zero-order chi connectivity index (χ0) is 29.5. The minimum Gasteiger partial charge on any atom is -0.394 e. The van der Waals surface area contributed by atoms with Gasteiger partial charge in [-0.2, -0.15) is 0 Å². The zero-order valence-corrected chi connectivity index (χ0v) is 25.1. The fourth-order valence-corrected chi connectivity index (χ4v) is 7.72. The Hall–Kier alpha value is -2.98. The van der Waals surface area contributed by atoms with E-state index in [1.165, 1.54) is 4.90 Å². The molecule has 7 atom stereocenters. The number of fused-ring (bicyclic) bond motifs is 1. The van der Waals surface area contributed by atoms with Gasteiger partial charge < -0.3 is 24.5 Å². The molecule has 0 aromatic heterocycles. The smallest absolute Gasteiger partial charge is 0.253 e. The van der Waals surface area contributed by atoms with Gasteiger partial charge in [-0.3, -0.25) is 14.4 Å². The molecule has 2 aromatic rings. The average molecular weight is 643 g/mol. The summed E-state index contributed by atoms with van der Waals surface area (Å²) < 4.78 is 6.65. The van der Waals surface area contributed by atoms with Crippen molar-refractivity contribution < 1.29 is 24.2 Å². The zero-order valence-electron chi connectivity index (χ0n) is 22.7. The highest BCUT2D eigenvalue weighted by Crippen LogP contribution is 2.61. The number of likely N-dealkylation sites (tertiary alicyclic amines) is 1. The van der Waals surface area contributed by atoms with Gasteiger partial charge in [-0.1, -0.05) is 57.9 Å². The molecular weight excluding hydrogens is 610 g/mol. The second-order valence-electron chi connectivity index (χ2n) is 10.7. The van der Waals surface area contributed by atoms with Crippen LogP contribution in [0.15, 0.2) is 79.9 Å². The van der Waals surface area contributed by atoms with Gasteiger partial charge in [-0.15, -0.1) is 13.2 Å². The van der Waals surface area contributed by atoms with Crippen LogP contribution in [0.3, 0.4) is 0 Å². The Labute approximate surface area is 253 Å². The maximum absolute atomic E-state index is 14.5. The van der Waals surface area contributed by atoms with Gasteiger partial charge in [0, 0.05) is 34.3 Å². The predicted molar refractivity (Wildman–Crippen MR) is 162 cm³/mol. The van der Waals surface area contributed by atoms with E-state index in [9.17, 15) is 19.5 Å². The minimum atomic E-state index is -1.26. The highest BCUT2D eigenvalue weighted by molar-refractivity contribution is 9.09. The molecule has 0 saturated carbocycles. The largest absolute Gasteiger partial charge is 0.394 e. The van der Waals surface area contributed by atoms with Crippen LogP contribution in [-0.4, -0.2) is 76.0 Å². The second-order valence-corrected chi connectivity index (χ2v) is 12.3. The number of hydrogen-bond donors (Lipinski definition) is 1. The van der Waals surface area contributed by atoms with Crippen LogP contribution in [0.1, 0.15) is 13.3 Å². The van der Waals surface area contributed by atoms with Crippen molar-refractivity contribution in [3.63, 3.8) is 0 Å². The topological polar surface area (TPSA) is 90.4 Å². The third-order valence-electron chi connectivity index (χ3n) is 8.35. The van der Waals surface area contributed by atoms with E-state index in [1.807, 2.05) is 30.3 Å². The van der Waals surface area contributed by atoms with Gasteiger partial charge in [0.15, 0.2) is 0 Å². The maximum atomic E-state index is 14.5. The summed E-state index contributed by atoms with van der Waals surface area (Å²) in [5, 5.41) is 10.7.